The second-order valence-electron chi connectivity index (χ2n) is 29.3. The van der Waals surface area contributed by atoms with Crippen molar-refractivity contribution in [2.45, 2.75) is 224 Å². The highest BCUT2D eigenvalue weighted by Crippen LogP contribution is 2.38. The van der Waals surface area contributed by atoms with E-state index in [-0.39, 0.29) is 82.5 Å². The van der Waals surface area contributed by atoms with Gasteiger partial charge in [0.25, 0.3) is 0 Å². The van der Waals surface area contributed by atoms with Gasteiger partial charge in [0.1, 0.15) is 77.6 Å². The van der Waals surface area contributed by atoms with Gasteiger partial charge < -0.3 is 65.6 Å². The Kier molecular flexibility index (Phi) is 29.2. The summed E-state index contributed by atoms with van der Waals surface area (Å²) in [5, 5.41) is 15.4. The third kappa shape index (κ3) is 20.0. The number of nitrogens with one attached hydrogen (secondary N) is 2. The number of aryl methyl sites for hydroxylation is 2. The number of benzene rings is 2. The van der Waals surface area contributed by atoms with E-state index < -0.39 is 179 Å². The number of carboxylic acid groups (broad SMARTS) is 1. The normalized spacial score (nSPS) is 19.0. The van der Waals surface area contributed by atoms with E-state index in [4.69, 9.17) is 5.73 Å². The Bertz CT molecular complexity index is 3400. The Balaban J connectivity index is 1.16. The molecule has 2 aromatic carbocycles. The number of halogens is 5. The summed E-state index contributed by atoms with van der Waals surface area (Å²) in [6.45, 7) is 12.0. The third-order valence-electron chi connectivity index (χ3n) is 21.4. The van der Waals surface area contributed by atoms with Gasteiger partial charge in [0, 0.05) is 75.4 Å². The number of hydrogen-bond acceptors (Lipinski definition) is 13. The first-order chi connectivity index (χ1) is 48.2. The van der Waals surface area contributed by atoms with Gasteiger partial charge in [-0.15, -0.1) is 0 Å². The fourth-order valence-electron chi connectivity index (χ4n) is 14.7. The molecule has 0 bridgehead atoms. The lowest BCUT2D eigenvalue weighted by molar-refractivity contribution is -0.161. The van der Waals surface area contributed by atoms with Crippen LogP contribution in [0.15, 0.2) is 36.4 Å². The average molecular weight is 1460 g/mol. The fraction of sp³-hybridized carbons (Fsp3) is 0.671. The van der Waals surface area contributed by atoms with Crippen molar-refractivity contribution in [2.75, 3.05) is 75.5 Å². The molecule has 2 aromatic rings. The van der Waals surface area contributed by atoms with Crippen LogP contribution in [0, 0.1) is 36.3 Å². The van der Waals surface area contributed by atoms with Gasteiger partial charge in [0.05, 0.1) is 12.5 Å². The second-order valence-corrected chi connectivity index (χ2v) is 29.3. The summed E-state index contributed by atoms with van der Waals surface area (Å²) in [6.07, 6.45) is -1.27. The van der Waals surface area contributed by atoms with E-state index in [9.17, 15) is 75.0 Å². The van der Waals surface area contributed by atoms with Gasteiger partial charge in [-0.2, -0.15) is 13.2 Å². The quantitative estimate of drug-likeness (QED) is 0.0689. The number of carbonyl (C=O) groups is 12. The number of carboxylic acids is 1. The van der Waals surface area contributed by atoms with Crippen molar-refractivity contribution in [1.82, 2.24) is 54.7 Å². The van der Waals surface area contributed by atoms with E-state index in [0.717, 1.165) is 20.9 Å². The van der Waals surface area contributed by atoms with Crippen LogP contribution in [-0.2, 0) is 76.6 Å². The number of likely N-dealkylation sites (N-methyl/N-ethyl adjacent to an activating group) is 7. The Morgan fingerprint density at radius 3 is 1.80 bits per heavy atom. The Morgan fingerprint density at radius 1 is 0.680 bits per heavy atom. The molecule has 30 heteroatoms. The maximum Gasteiger partial charge on any atom is 0.422 e. The first-order valence-electron chi connectivity index (χ1n) is 35.9. The molecule has 10 atom stereocenters. The van der Waals surface area contributed by atoms with Crippen molar-refractivity contribution < 1.29 is 84.6 Å². The summed E-state index contributed by atoms with van der Waals surface area (Å²) in [4.78, 5) is 184. The van der Waals surface area contributed by atoms with Crippen molar-refractivity contribution in [1.29, 1.82) is 0 Å². The highest BCUT2D eigenvalue weighted by atomic mass is 19.4. The first kappa shape index (κ1) is 83.6. The van der Waals surface area contributed by atoms with Gasteiger partial charge in [-0.25, -0.2) is 8.78 Å². The van der Waals surface area contributed by atoms with Crippen molar-refractivity contribution in [3.8, 4) is 0 Å². The van der Waals surface area contributed by atoms with E-state index in [1.165, 1.54) is 90.6 Å². The van der Waals surface area contributed by atoms with E-state index >= 15 is 9.59 Å². The third-order valence-corrected chi connectivity index (χ3v) is 21.4. The molecule has 6 rings (SSSR count). The van der Waals surface area contributed by atoms with Crippen LogP contribution in [-0.4, -0.2) is 256 Å². The molecule has 103 heavy (non-hydrogen) atoms. The zero-order valence-corrected chi connectivity index (χ0v) is 62.1. The minimum absolute atomic E-state index is 0.0483. The summed E-state index contributed by atoms with van der Waals surface area (Å²) in [5.74, 6) is -13.1. The van der Waals surface area contributed by atoms with E-state index in [0.29, 0.717) is 63.5 Å². The molecule has 4 fully saturated rings. The van der Waals surface area contributed by atoms with Crippen molar-refractivity contribution >= 4 is 70.9 Å². The van der Waals surface area contributed by atoms with Gasteiger partial charge in [-0.05, 0) is 126 Å². The lowest BCUT2D eigenvalue weighted by Gasteiger charge is -2.45. The highest BCUT2D eigenvalue weighted by molar-refractivity contribution is 6.01. The summed E-state index contributed by atoms with van der Waals surface area (Å²) >= 11 is 0. The molecule has 572 valence electrons. The minimum atomic E-state index is -5.28. The summed E-state index contributed by atoms with van der Waals surface area (Å²) in [5.41, 5.74) is 4.21. The zero-order valence-electron chi connectivity index (χ0n) is 62.1. The molecule has 5 N–H and O–H groups in total. The fourth-order valence-corrected chi connectivity index (χ4v) is 14.7. The van der Waals surface area contributed by atoms with Crippen molar-refractivity contribution in [3.05, 3.63) is 70.3 Å². The van der Waals surface area contributed by atoms with Crippen LogP contribution in [0.25, 0.3) is 0 Å². The number of rotatable bonds is 32. The van der Waals surface area contributed by atoms with Crippen LogP contribution < -0.4 is 16.4 Å². The molecule has 0 aromatic heterocycles. The number of nitrogens with two attached hydrogens (primary N) is 1. The molecule has 2 saturated carbocycles. The van der Waals surface area contributed by atoms with E-state index in [1.807, 2.05) is 52.0 Å². The van der Waals surface area contributed by atoms with E-state index in [1.54, 1.807) is 13.8 Å². The van der Waals surface area contributed by atoms with Gasteiger partial charge in [-0.3, -0.25) is 57.5 Å². The lowest BCUT2D eigenvalue weighted by atomic mass is 9.90. The van der Waals surface area contributed by atoms with Crippen molar-refractivity contribution in [2.24, 2.45) is 23.5 Å². The molecule has 11 amide bonds. The number of nitrogens with zero attached hydrogens (tertiary/aromatic N) is 9. The smallest absolute Gasteiger partial charge is 0.422 e. The standard InChI is InChI=1S/C73H107F5N12O13/c1-15-44(6)60(69(101)84(11)45(7)64(96)90-35-31-53(90)68(100)88(16-2)56(67(99)83(10)41-58(92)93)39-46-27-25-43(5)26-28-46)80-62(94)54(36-42(3)4)85(12)57(91)40-55(66(98)82(8)9)86(13)70(102)61(48-22-17-18-23-48)87(14)71(103)72(32-19-20-33-72)81-63(95)52-24-21-34-89(52)65(97)51(79)30-29-47-37-49(74)59(50(75)38-47)73(76,77)78/h25-28,37-38,42,44-45,48,51-56,60-61H,15-24,29-36,39-41,79H2,1-14H3,(H,80,94)(H,81,95)(H,92,93)/t44-,45-,51-,52-,53-,54-,55-,56-,60-,61-/m0/s1. The van der Waals surface area contributed by atoms with Crippen LogP contribution >= 0.6 is 0 Å². The topological polar surface area (TPSA) is 304 Å². The predicted octanol–water partition coefficient (Wildman–Crippen LogP) is 5.15. The minimum Gasteiger partial charge on any atom is -0.480 e. The van der Waals surface area contributed by atoms with E-state index in [2.05, 4.69) is 10.6 Å². The number of hydrogen-bond donors (Lipinski definition) is 4. The maximum atomic E-state index is 15.4. The van der Waals surface area contributed by atoms with Crippen LogP contribution in [0.5, 0.6) is 0 Å². The van der Waals surface area contributed by atoms with Gasteiger partial charge >= 0.3 is 12.1 Å². The average Bonchev–Trinajstić information content (AvgIpc) is 1.74. The molecule has 25 nitrogen and oxygen atoms in total. The number of aliphatic carboxylic acids is 1. The second kappa shape index (κ2) is 35.9. The van der Waals surface area contributed by atoms with Crippen LogP contribution in [0.1, 0.15) is 160 Å². The Labute approximate surface area is 601 Å². The number of amides is 11. The predicted molar refractivity (Wildman–Crippen MR) is 371 cm³/mol. The van der Waals surface area contributed by atoms with Crippen molar-refractivity contribution in [3.63, 3.8) is 0 Å². The number of likely N-dealkylation sites (tertiary alicyclic amines) is 2. The molecule has 2 aliphatic carbocycles. The molecule has 2 aliphatic heterocycles. The number of alkyl halides is 3. The summed E-state index contributed by atoms with van der Waals surface area (Å²) < 4.78 is 68.6. The SMILES string of the molecule is CC[C@H](C)[C@H](NC(=O)[C@H](CC(C)C)N(C)C(=O)C[C@@H](C(=O)N(C)C)N(C)C(=O)[C@H](C1CCCC1)N(C)C(=O)C1(NC(=O)[C@@H]2CCCN2C(=O)[C@@H](N)CCc2cc(F)c(C(F)(F)F)c(F)c2)CCCC1)C(=O)N(C)[C@@H](C)C(=O)N1CC[C@H]1C(=O)N(CC)[C@@H](Cc1ccc(C)cc1)C(=O)N(C)CC(=O)O. The van der Waals surface area contributed by atoms with Gasteiger partial charge in [0.15, 0.2) is 0 Å². The van der Waals surface area contributed by atoms with Crippen LogP contribution in [0.2, 0.25) is 0 Å². The zero-order chi connectivity index (χ0) is 77.0. The lowest BCUT2D eigenvalue weighted by Crippen LogP contribution is -2.65. The molecule has 0 unspecified atom stereocenters. The van der Waals surface area contributed by atoms with Gasteiger partial charge in [-0.1, -0.05) is 89.6 Å². The molecule has 2 heterocycles. The molecule has 0 spiro atoms. The Morgan fingerprint density at radius 2 is 1.27 bits per heavy atom. The molecule has 0 radical (unpaired) electrons. The monoisotopic (exact) mass is 1450 g/mol. The molecule has 4 aliphatic rings. The molecule has 2 saturated heterocycles. The molecular formula is C73H107F5N12O13. The summed E-state index contributed by atoms with van der Waals surface area (Å²) in [6, 6.07) is -2.48. The summed E-state index contributed by atoms with van der Waals surface area (Å²) in [7, 11) is 9.87. The Hall–Kier alpha value is -8.31. The molecular weight excluding hydrogens is 1350 g/mol. The highest BCUT2D eigenvalue weighted by Gasteiger charge is 2.52. The number of carbonyl (C=O) groups excluding carboxylic acids is 11. The van der Waals surface area contributed by atoms with Crippen LogP contribution in [0.4, 0.5) is 22.0 Å². The van der Waals surface area contributed by atoms with Gasteiger partial charge in [0.2, 0.25) is 65.0 Å². The van der Waals surface area contributed by atoms with Crippen LogP contribution in [0.3, 0.4) is 0 Å². The first-order valence-corrected chi connectivity index (χ1v) is 35.9. The maximum absolute atomic E-state index is 15.4. The largest absolute Gasteiger partial charge is 0.480 e.